The van der Waals surface area contributed by atoms with Crippen molar-refractivity contribution in [1.29, 1.82) is 0 Å². The minimum atomic E-state index is 0.660. The van der Waals surface area contributed by atoms with Crippen LogP contribution in [0.5, 0.6) is 0 Å². The fourth-order valence-corrected chi connectivity index (χ4v) is 2.70. The third-order valence-corrected chi connectivity index (χ3v) is 3.75. The molecule has 0 fully saturated rings. The maximum Gasteiger partial charge on any atom is 0.0755 e. The van der Waals surface area contributed by atoms with Crippen molar-refractivity contribution in [1.82, 2.24) is 4.98 Å². The first kappa shape index (κ1) is 13.2. The fourth-order valence-electron chi connectivity index (χ4n) is 2.70. The number of fused-ring (bicyclic) bond motifs is 2. The summed E-state index contributed by atoms with van der Waals surface area (Å²) in [6.45, 7) is 4.45. The number of nitrogens with one attached hydrogen (secondary N) is 1. The lowest BCUT2D eigenvalue weighted by atomic mass is 10.0. The quantitative estimate of drug-likeness (QED) is 0.931. The van der Waals surface area contributed by atoms with Crippen molar-refractivity contribution >= 4 is 22.3 Å². The van der Waals surface area contributed by atoms with Gasteiger partial charge in [-0.05, 0) is 25.1 Å². The molecule has 0 atom stereocenters. The van der Waals surface area contributed by atoms with Crippen LogP contribution >= 0.6 is 0 Å². The lowest BCUT2D eigenvalue weighted by molar-refractivity contribution is 0.110. The highest BCUT2D eigenvalue weighted by atomic mass is 16.5. The summed E-state index contributed by atoms with van der Waals surface area (Å²) in [6.07, 6.45) is 0.902. The Morgan fingerprint density at radius 1 is 1.35 bits per heavy atom. The number of benzene rings is 1. The summed E-state index contributed by atoms with van der Waals surface area (Å²) in [4.78, 5) is 6.94. The molecule has 3 rings (SSSR count). The number of nitrogens with zero attached hydrogens (tertiary/aromatic N) is 2. The lowest BCUT2D eigenvalue weighted by Crippen LogP contribution is -2.16. The number of rotatable bonds is 3. The molecule has 0 aliphatic carbocycles. The zero-order valence-corrected chi connectivity index (χ0v) is 12.4. The summed E-state index contributed by atoms with van der Waals surface area (Å²) >= 11 is 0. The van der Waals surface area contributed by atoms with E-state index in [4.69, 9.17) is 9.72 Å². The van der Waals surface area contributed by atoms with Gasteiger partial charge in [0.25, 0.3) is 0 Å². The Balaban J connectivity index is 2.25. The van der Waals surface area contributed by atoms with Gasteiger partial charge < -0.3 is 15.0 Å². The molecule has 1 N–H and O–H groups in total. The van der Waals surface area contributed by atoms with E-state index < -0.39 is 0 Å². The molecular formula is C16H21N3O. The molecule has 1 aromatic carbocycles. The second kappa shape index (κ2) is 5.29. The summed E-state index contributed by atoms with van der Waals surface area (Å²) in [7, 11) is 4.12. The third kappa shape index (κ3) is 2.20. The van der Waals surface area contributed by atoms with Crippen molar-refractivity contribution in [2.24, 2.45) is 0 Å². The van der Waals surface area contributed by atoms with Gasteiger partial charge in [-0.1, -0.05) is 0 Å². The minimum Gasteiger partial charge on any atom is -0.384 e. The predicted molar refractivity (Wildman–Crippen MR) is 83.6 cm³/mol. The van der Waals surface area contributed by atoms with E-state index in [0.717, 1.165) is 25.1 Å². The monoisotopic (exact) mass is 271 g/mol. The van der Waals surface area contributed by atoms with Crippen LogP contribution in [0.15, 0.2) is 18.2 Å². The van der Waals surface area contributed by atoms with Crippen LogP contribution in [0.3, 0.4) is 0 Å². The van der Waals surface area contributed by atoms with E-state index in [2.05, 4.69) is 49.4 Å². The van der Waals surface area contributed by atoms with Crippen molar-refractivity contribution < 1.29 is 4.74 Å². The van der Waals surface area contributed by atoms with E-state index in [-0.39, 0.29) is 0 Å². The number of aromatic nitrogens is 1. The molecule has 0 radical (unpaired) electrons. The van der Waals surface area contributed by atoms with Crippen molar-refractivity contribution in [2.45, 2.75) is 20.0 Å². The summed E-state index contributed by atoms with van der Waals surface area (Å²) in [5.41, 5.74) is 5.84. The molecule has 2 aromatic rings. The molecule has 20 heavy (non-hydrogen) atoms. The molecule has 0 saturated carbocycles. The lowest BCUT2D eigenvalue weighted by Gasteiger charge is -2.22. The average molecular weight is 271 g/mol. The van der Waals surface area contributed by atoms with E-state index in [1.54, 1.807) is 0 Å². The second-order valence-corrected chi connectivity index (χ2v) is 5.34. The Morgan fingerprint density at radius 2 is 2.20 bits per heavy atom. The first-order valence-corrected chi connectivity index (χ1v) is 7.15. The van der Waals surface area contributed by atoms with Crippen molar-refractivity contribution in [3.63, 3.8) is 0 Å². The number of ether oxygens (including phenoxy) is 1. The Bertz CT molecular complexity index is 637. The average Bonchev–Trinajstić information content (AvgIpc) is 2.46. The summed E-state index contributed by atoms with van der Waals surface area (Å²) < 4.78 is 5.62. The maximum absolute atomic E-state index is 5.62. The first-order chi connectivity index (χ1) is 9.70. The molecule has 4 heteroatoms. The van der Waals surface area contributed by atoms with Gasteiger partial charge in [-0.3, -0.25) is 4.98 Å². The van der Waals surface area contributed by atoms with Gasteiger partial charge in [-0.2, -0.15) is 0 Å². The SMILES string of the molecule is CCNc1c2c(nc3ccc(N(C)C)cc13)CCOC2. The zero-order valence-electron chi connectivity index (χ0n) is 12.4. The van der Waals surface area contributed by atoms with Crippen molar-refractivity contribution in [3.05, 3.63) is 29.5 Å². The van der Waals surface area contributed by atoms with Crippen LogP contribution < -0.4 is 10.2 Å². The normalized spacial score (nSPS) is 14.2. The van der Waals surface area contributed by atoms with Crippen LogP contribution in [0.25, 0.3) is 10.9 Å². The van der Waals surface area contributed by atoms with Gasteiger partial charge in [-0.15, -0.1) is 0 Å². The van der Waals surface area contributed by atoms with Crippen LogP contribution in [0.4, 0.5) is 11.4 Å². The standard InChI is InChI=1S/C16H21N3O/c1-4-17-16-12-9-11(19(2)3)5-6-14(12)18-15-7-8-20-10-13(15)16/h5-6,9H,4,7-8,10H2,1-3H3,(H,17,18). The molecule has 4 nitrogen and oxygen atoms in total. The number of pyridine rings is 1. The molecule has 0 unspecified atom stereocenters. The topological polar surface area (TPSA) is 37.4 Å². The van der Waals surface area contributed by atoms with Crippen molar-refractivity contribution in [2.75, 3.05) is 37.5 Å². The summed E-state index contributed by atoms with van der Waals surface area (Å²) in [5, 5.41) is 4.69. The van der Waals surface area contributed by atoms with Gasteiger partial charge in [0.15, 0.2) is 0 Å². The van der Waals surface area contributed by atoms with E-state index in [0.29, 0.717) is 6.61 Å². The highest BCUT2D eigenvalue weighted by Crippen LogP contribution is 2.33. The van der Waals surface area contributed by atoms with Gasteiger partial charge in [0, 0.05) is 43.7 Å². The minimum absolute atomic E-state index is 0.660. The van der Waals surface area contributed by atoms with Gasteiger partial charge in [0.2, 0.25) is 0 Å². The smallest absolute Gasteiger partial charge is 0.0755 e. The summed E-state index contributed by atoms with van der Waals surface area (Å²) in [5.74, 6) is 0. The Hall–Kier alpha value is -1.81. The van der Waals surface area contributed by atoms with Crippen LogP contribution in [-0.4, -0.2) is 32.2 Å². The first-order valence-electron chi connectivity index (χ1n) is 7.15. The molecule has 1 aliphatic rings. The van der Waals surface area contributed by atoms with Crippen LogP contribution in [0, 0.1) is 0 Å². The molecule has 0 spiro atoms. The molecule has 1 aliphatic heterocycles. The molecule has 1 aromatic heterocycles. The molecule has 106 valence electrons. The van der Waals surface area contributed by atoms with E-state index >= 15 is 0 Å². The Labute approximate surface area is 119 Å². The van der Waals surface area contributed by atoms with Gasteiger partial charge >= 0.3 is 0 Å². The van der Waals surface area contributed by atoms with Gasteiger partial charge in [0.05, 0.1) is 30.1 Å². The van der Waals surface area contributed by atoms with Crippen LogP contribution in [-0.2, 0) is 17.8 Å². The molecule has 0 saturated heterocycles. The molecule has 0 bridgehead atoms. The Kier molecular flexibility index (Phi) is 3.49. The Morgan fingerprint density at radius 3 is 2.95 bits per heavy atom. The largest absolute Gasteiger partial charge is 0.384 e. The van der Waals surface area contributed by atoms with Gasteiger partial charge in [-0.25, -0.2) is 0 Å². The van der Waals surface area contributed by atoms with Crippen LogP contribution in [0.1, 0.15) is 18.2 Å². The van der Waals surface area contributed by atoms with Crippen LogP contribution in [0.2, 0.25) is 0 Å². The number of hydrogen-bond acceptors (Lipinski definition) is 4. The summed E-state index contributed by atoms with van der Waals surface area (Å²) in [6, 6.07) is 6.44. The maximum atomic E-state index is 5.62. The predicted octanol–water partition coefficient (Wildman–Crippen LogP) is 2.81. The number of hydrogen-bond donors (Lipinski definition) is 1. The highest BCUT2D eigenvalue weighted by molar-refractivity contribution is 5.95. The third-order valence-electron chi connectivity index (χ3n) is 3.75. The molecular weight excluding hydrogens is 250 g/mol. The van der Waals surface area contributed by atoms with E-state index in [1.807, 2.05) is 0 Å². The molecule has 0 amide bonds. The zero-order chi connectivity index (χ0) is 14.1. The number of anilines is 2. The van der Waals surface area contributed by atoms with Gasteiger partial charge in [0.1, 0.15) is 0 Å². The van der Waals surface area contributed by atoms with E-state index in [1.165, 1.54) is 28.0 Å². The van der Waals surface area contributed by atoms with E-state index in [9.17, 15) is 0 Å². The second-order valence-electron chi connectivity index (χ2n) is 5.34. The van der Waals surface area contributed by atoms with Crippen molar-refractivity contribution in [3.8, 4) is 0 Å². The fraction of sp³-hybridized carbons (Fsp3) is 0.438. The highest BCUT2D eigenvalue weighted by Gasteiger charge is 2.18. The molecule has 2 heterocycles.